The van der Waals surface area contributed by atoms with Gasteiger partial charge in [0, 0.05) is 6.07 Å². The molecule has 0 aliphatic heterocycles. The van der Waals surface area contributed by atoms with Gasteiger partial charge in [-0.05, 0) is 24.1 Å². The van der Waals surface area contributed by atoms with Crippen molar-refractivity contribution < 1.29 is 18.3 Å². The molecule has 0 aliphatic carbocycles. The molecule has 7 nitrogen and oxygen atoms in total. The lowest BCUT2D eigenvalue weighted by Crippen LogP contribution is -2.16. The highest BCUT2D eigenvalue weighted by molar-refractivity contribution is 7.92. The smallest absolute Gasteiger partial charge is 0.335 e. The van der Waals surface area contributed by atoms with Gasteiger partial charge in [-0.25, -0.2) is 13.2 Å². The van der Waals surface area contributed by atoms with Crippen molar-refractivity contribution in [3.8, 4) is 0 Å². The maximum atomic E-state index is 12.3. The number of sulfonamides is 1. The summed E-state index contributed by atoms with van der Waals surface area (Å²) in [7, 11) is -3.87. The van der Waals surface area contributed by atoms with Crippen LogP contribution in [-0.4, -0.2) is 29.7 Å². The van der Waals surface area contributed by atoms with Crippen LogP contribution in [0.2, 0.25) is 0 Å². The van der Waals surface area contributed by atoms with Gasteiger partial charge in [0.25, 0.3) is 10.0 Å². The molecule has 0 fully saturated rings. The summed E-state index contributed by atoms with van der Waals surface area (Å²) in [6.07, 6.45) is 1.88. The number of nitrogens with one attached hydrogen (secondary N) is 2. The number of anilines is 1. The van der Waals surface area contributed by atoms with E-state index >= 15 is 0 Å². The van der Waals surface area contributed by atoms with Gasteiger partial charge in [-0.2, -0.15) is 5.10 Å². The minimum absolute atomic E-state index is 0.0468. The third kappa shape index (κ3) is 2.80. The number of rotatable bonds is 5. The highest BCUT2D eigenvalue weighted by atomic mass is 32.2. The number of carbonyl (C=O) groups is 1. The lowest BCUT2D eigenvalue weighted by molar-refractivity contribution is 0.0696. The third-order valence-corrected chi connectivity index (χ3v) is 4.18. The number of carboxylic acid groups (broad SMARTS) is 1. The van der Waals surface area contributed by atoms with E-state index in [-0.39, 0.29) is 16.3 Å². The molecule has 106 valence electrons. The van der Waals surface area contributed by atoms with Crippen molar-refractivity contribution in [2.75, 3.05) is 4.72 Å². The summed E-state index contributed by atoms with van der Waals surface area (Å²) in [6.45, 7) is 1.80. The highest BCUT2D eigenvalue weighted by Gasteiger charge is 2.20. The Kier molecular flexibility index (Phi) is 3.75. The maximum absolute atomic E-state index is 12.3. The van der Waals surface area contributed by atoms with Gasteiger partial charge in [0.1, 0.15) is 5.82 Å². The summed E-state index contributed by atoms with van der Waals surface area (Å²) in [5, 5.41) is 15.1. The minimum Gasteiger partial charge on any atom is -0.478 e. The second kappa shape index (κ2) is 5.33. The average Bonchev–Trinajstić information content (AvgIpc) is 2.90. The molecule has 1 aromatic heterocycles. The van der Waals surface area contributed by atoms with Crippen LogP contribution in [0.1, 0.15) is 22.8 Å². The molecule has 2 aromatic rings. The van der Waals surface area contributed by atoms with Gasteiger partial charge in [-0.3, -0.25) is 9.82 Å². The topological polar surface area (TPSA) is 112 Å². The first kappa shape index (κ1) is 14.1. The summed E-state index contributed by atoms with van der Waals surface area (Å²) < 4.78 is 26.9. The summed E-state index contributed by atoms with van der Waals surface area (Å²) in [6, 6.07) is 5.51. The van der Waals surface area contributed by atoms with Crippen molar-refractivity contribution >= 4 is 21.8 Å². The predicted molar refractivity (Wildman–Crippen MR) is 72.2 cm³/mol. The number of H-pyrrole nitrogens is 1. The monoisotopic (exact) mass is 295 g/mol. The number of carboxylic acids is 1. The van der Waals surface area contributed by atoms with Crippen LogP contribution in [0, 0.1) is 0 Å². The highest BCUT2D eigenvalue weighted by Crippen LogP contribution is 2.21. The minimum atomic E-state index is -3.87. The van der Waals surface area contributed by atoms with Gasteiger partial charge < -0.3 is 5.11 Å². The van der Waals surface area contributed by atoms with Crippen LogP contribution < -0.4 is 4.72 Å². The van der Waals surface area contributed by atoms with Crippen LogP contribution in [0.25, 0.3) is 0 Å². The standard InChI is InChI=1S/C12H13N3O4S/c1-2-8-3-4-9(12(16)17)7-10(8)20(18,19)15-11-5-6-13-14-11/h3-7H,2H2,1H3,(H,16,17)(H2,13,14,15). The van der Waals surface area contributed by atoms with Crippen LogP contribution in [0.15, 0.2) is 35.4 Å². The molecule has 0 saturated heterocycles. The van der Waals surface area contributed by atoms with Crippen molar-refractivity contribution in [1.82, 2.24) is 10.2 Å². The van der Waals surface area contributed by atoms with E-state index in [1.807, 2.05) is 0 Å². The average molecular weight is 295 g/mol. The van der Waals surface area contributed by atoms with Crippen molar-refractivity contribution in [2.45, 2.75) is 18.2 Å². The Bertz CT molecular complexity index is 723. The number of hydrogen-bond acceptors (Lipinski definition) is 4. The van der Waals surface area contributed by atoms with Gasteiger partial charge in [0.15, 0.2) is 0 Å². The zero-order valence-corrected chi connectivity index (χ0v) is 11.4. The third-order valence-electron chi connectivity index (χ3n) is 2.73. The summed E-state index contributed by atoms with van der Waals surface area (Å²) in [5.74, 6) is -0.960. The lowest BCUT2D eigenvalue weighted by atomic mass is 10.1. The first-order valence-electron chi connectivity index (χ1n) is 5.82. The predicted octanol–water partition coefficient (Wildman–Crippen LogP) is 1.47. The Hall–Kier alpha value is -2.35. The fourth-order valence-corrected chi connectivity index (χ4v) is 3.10. The van der Waals surface area contributed by atoms with Gasteiger partial charge in [-0.1, -0.05) is 13.0 Å². The van der Waals surface area contributed by atoms with Crippen molar-refractivity contribution in [1.29, 1.82) is 0 Å². The Morgan fingerprint density at radius 1 is 1.40 bits per heavy atom. The van der Waals surface area contributed by atoms with Crippen LogP contribution in [0.4, 0.5) is 5.82 Å². The lowest BCUT2D eigenvalue weighted by Gasteiger charge is -2.11. The maximum Gasteiger partial charge on any atom is 0.335 e. The van der Waals surface area contributed by atoms with Crippen molar-refractivity contribution in [2.24, 2.45) is 0 Å². The van der Waals surface area contributed by atoms with Gasteiger partial charge >= 0.3 is 5.97 Å². The summed E-state index contributed by atoms with van der Waals surface area (Å²) in [4.78, 5) is 10.9. The van der Waals surface area contributed by atoms with Gasteiger partial charge in [0.05, 0.1) is 16.7 Å². The van der Waals surface area contributed by atoms with E-state index in [9.17, 15) is 13.2 Å². The first-order valence-corrected chi connectivity index (χ1v) is 7.30. The molecule has 0 spiro atoms. The number of aromatic carboxylic acids is 1. The Labute approximate surface area is 115 Å². The first-order chi connectivity index (χ1) is 9.44. The SMILES string of the molecule is CCc1ccc(C(=O)O)cc1S(=O)(=O)Nc1ccn[nH]1. The van der Waals surface area contributed by atoms with E-state index in [4.69, 9.17) is 5.11 Å². The molecule has 0 amide bonds. The van der Waals surface area contributed by atoms with Crippen LogP contribution in [0.3, 0.4) is 0 Å². The second-order valence-corrected chi connectivity index (χ2v) is 5.71. The van der Waals surface area contributed by atoms with E-state index < -0.39 is 16.0 Å². The molecule has 2 rings (SSSR count). The van der Waals surface area contributed by atoms with Crippen LogP contribution in [-0.2, 0) is 16.4 Å². The molecule has 0 unspecified atom stereocenters. The van der Waals surface area contributed by atoms with E-state index in [1.165, 1.54) is 24.4 Å². The molecule has 1 heterocycles. The number of nitrogens with zero attached hydrogens (tertiary/aromatic N) is 1. The Morgan fingerprint density at radius 2 is 2.15 bits per heavy atom. The van der Waals surface area contributed by atoms with Crippen LogP contribution >= 0.6 is 0 Å². The van der Waals surface area contributed by atoms with E-state index in [0.29, 0.717) is 12.0 Å². The van der Waals surface area contributed by atoms with E-state index in [0.717, 1.165) is 6.07 Å². The van der Waals surface area contributed by atoms with Crippen molar-refractivity contribution in [3.05, 3.63) is 41.6 Å². The zero-order valence-electron chi connectivity index (χ0n) is 10.6. The number of aryl methyl sites for hydroxylation is 1. The summed E-state index contributed by atoms with van der Waals surface area (Å²) in [5.41, 5.74) is 0.467. The largest absolute Gasteiger partial charge is 0.478 e. The van der Waals surface area contributed by atoms with Gasteiger partial charge in [0.2, 0.25) is 0 Å². The molecule has 3 N–H and O–H groups in total. The Balaban J connectivity index is 2.48. The van der Waals surface area contributed by atoms with Crippen molar-refractivity contribution in [3.63, 3.8) is 0 Å². The molecule has 20 heavy (non-hydrogen) atoms. The molecule has 0 aliphatic rings. The zero-order chi connectivity index (χ0) is 14.8. The molecule has 0 radical (unpaired) electrons. The quantitative estimate of drug-likeness (QED) is 0.773. The number of aromatic amines is 1. The molecule has 0 saturated carbocycles. The number of aromatic nitrogens is 2. The fourth-order valence-electron chi connectivity index (χ4n) is 1.74. The number of hydrogen-bond donors (Lipinski definition) is 3. The normalized spacial score (nSPS) is 11.2. The second-order valence-electron chi connectivity index (χ2n) is 4.06. The Morgan fingerprint density at radius 3 is 2.70 bits per heavy atom. The summed E-state index contributed by atoms with van der Waals surface area (Å²) >= 11 is 0. The molecule has 0 atom stereocenters. The molecule has 1 aromatic carbocycles. The van der Waals surface area contributed by atoms with Crippen LogP contribution in [0.5, 0.6) is 0 Å². The molecular formula is C12H13N3O4S. The fraction of sp³-hybridized carbons (Fsp3) is 0.167. The van der Waals surface area contributed by atoms with Gasteiger partial charge in [-0.15, -0.1) is 0 Å². The van der Waals surface area contributed by atoms with E-state index in [2.05, 4.69) is 14.9 Å². The molecular weight excluding hydrogens is 282 g/mol. The molecule has 0 bridgehead atoms. The van der Waals surface area contributed by atoms with E-state index in [1.54, 1.807) is 6.92 Å². The number of benzene rings is 1. The molecule has 8 heteroatoms.